The number of carbonyl (C=O) groups is 1. The predicted molar refractivity (Wildman–Crippen MR) is 46.1 cm³/mol. The molecule has 0 bridgehead atoms. The molecule has 0 radical (unpaired) electrons. The molecule has 4 nitrogen and oxygen atoms in total. The second kappa shape index (κ2) is 4.17. The van der Waals surface area contributed by atoms with Crippen LogP contribution in [0.3, 0.4) is 0 Å². The van der Waals surface area contributed by atoms with Crippen LogP contribution in [0.4, 0.5) is 0 Å². The van der Waals surface area contributed by atoms with Gasteiger partial charge in [0.25, 0.3) is 0 Å². The third kappa shape index (κ3) is 1.90. The third-order valence-corrected chi connectivity index (χ3v) is 2.83. The highest BCUT2D eigenvalue weighted by molar-refractivity contribution is 5.57. The second-order valence-corrected chi connectivity index (χ2v) is 3.67. The highest BCUT2D eigenvalue weighted by Crippen LogP contribution is 2.28. The summed E-state index contributed by atoms with van der Waals surface area (Å²) in [6.45, 7) is 3.42. The number of ether oxygens (including phenoxy) is 1. The average Bonchev–Trinajstić information content (AvgIpc) is 2.15. The van der Waals surface area contributed by atoms with E-state index in [1.807, 2.05) is 6.92 Å². The standard InChI is InChI=1S/C9H16O4/c1-5-7(3-10)13-8(4-11)6(2)9(5)12/h3,5-9,11-12H,4H2,1-2H3/t5?,6-,7+,8?,9?/m1/s1. The Kier molecular flexibility index (Phi) is 3.41. The molecular weight excluding hydrogens is 172 g/mol. The molecule has 1 fully saturated rings. The van der Waals surface area contributed by atoms with Crippen LogP contribution in [0.25, 0.3) is 0 Å². The van der Waals surface area contributed by atoms with Gasteiger partial charge in [-0.1, -0.05) is 13.8 Å². The lowest BCUT2D eigenvalue weighted by molar-refractivity contribution is -0.174. The van der Waals surface area contributed by atoms with Crippen LogP contribution in [0.1, 0.15) is 13.8 Å². The molecule has 0 aromatic carbocycles. The first-order valence-corrected chi connectivity index (χ1v) is 4.51. The minimum absolute atomic E-state index is 0.129. The molecule has 2 N–H and O–H groups in total. The predicted octanol–water partition coefficient (Wildman–Crippen LogP) is -0.422. The zero-order valence-electron chi connectivity index (χ0n) is 7.88. The molecule has 4 heteroatoms. The minimum atomic E-state index is -0.594. The normalized spacial score (nSPS) is 46.0. The van der Waals surface area contributed by atoms with Gasteiger partial charge in [0, 0.05) is 11.8 Å². The molecule has 0 aromatic heterocycles. The van der Waals surface area contributed by atoms with Gasteiger partial charge in [-0.15, -0.1) is 0 Å². The van der Waals surface area contributed by atoms with Crippen molar-refractivity contribution in [3.8, 4) is 0 Å². The quantitative estimate of drug-likeness (QED) is 0.577. The summed E-state index contributed by atoms with van der Waals surface area (Å²) in [5.74, 6) is -0.327. The molecule has 1 aliphatic rings. The molecule has 1 rings (SSSR count). The third-order valence-electron chi connectivity index (χ3n) is 2.83. The van der Waals surface area contributed by atoms with Gasteiger partial charge in [-0.05, 0) is 0 Å². The van der Waals surface area contributed by atoms with Crippen molar-refractivity contribution < 1.29 is 19.7 Å². The van der Waals surface area contributed by atoms with Gasteiger partial charge in [0.05, 0.1) is 18.8 Å². The lowest BCUT2D eigenvalue weighted by atomic mass is 9.83. The van der Waals surface area contributed by atoms with E-state index >= 15 is 0 Å². The van der Waals surface area contributed by atoms with Gasteiger partial charge < -0.3 is 19.7 Å². The van der Waals surface area contributed by atoms with Crippen LogP contribution in [0, 0.1) is 11.8 Å². The summed E-state index contributed by atoms with van der Waals surface area (Å²) in [5, 5.41) is 18.6. The summed E-state index contributed by atoms with van der Waals surface area (Å²) in [5.41, 5.74) is 0. The fourth-order valence-electron chi connectivity index (χ4n) is 1.71. The van der Waals surface area contributed by atoms with Crippen molar-refractivity contribution in [2.24, 2.45) is 11.8 Å². The summed E-state index contributed by atoms with van der Waals surface area (Å²) in [6, 6.07) is 0. The summed E-state index contributed by atoms with van der Waals surface area (Å²) in [4.78, 5) is 10.6. The molecule has 0 aromatic rings. The molecule has 1 heterocycles. The summed E-state index contributed by atoms with van der Waals surface area (Å²) in [7, 11) is 0. The molecule has 76 valence electrons. The van der Waals surface area contributed by atoms with Crippen molar-refractivity contribution in [2.45, 2.75) is 32.2 Å². The summed E-state index contributed by atoms with van der Waals surface area (Å²) >= 11 is 0. The lowest BCUT2D eigenvalue weighted by Crippen LogP contribution is -2.50. The van der Waals surface area contributed by atoms with Crippen molar-refractivity contribution in [3.63, 3.8) is 0 Å². The van der Waals surface area contributed by atoms with Crippen molar-refractivity contribution in [1.82, 2.24) is 0 Å². The Morgan fingerprint density at radius 3 is 2.46 bits per heavy atom. The highest BCUT2D eigenvalue weighted by Gasteiger charge is 2.39. The fourth-order valence-corrected chi connectivity index (χ4v) is 1.71. The molecular formula is C9H16O4. The number of aldehydes is 1. The van der Waals surface area contributed by atoms with Crippen LogP contribution in [0.2, 0.25) is 0 Å². The van der Waals surface area contributed by atoms with Crippen molar-refractivity contribution in [3.05, 3.63) is 0 Å². The topological polar surface area (TPSA) is 66.8 Å². The van der Waals surface area contributed by atoms with Gasteiger partial charge >= 0.3 is 0 Å². The average molecular weight is 188 g/mol. The van der Waals surface area contributed by atoms with E-state index in [9.17, 15) is 9.90 Å². The Hall–Kier alpha value is -0.450. The number of rotatable bonds is 2. The Balaban J connectivity index is 2.71. The first kappa shape index (κ1) is 10.6. The van der Waals surface area contributed by atoms with E-state index in [-0.39, 0.29) is 18.4 Å². The molecule has 5 atom stereocenters. The van der Waals surface area contributed by atoms with Crippen LogP contribution < -0.4 is 0 Å². The Bertz CT molecular complexity index is 180. The zero-order chi connectivity index (χ0) is 10.0. The highest BCUT2D eigenvalue weighted by atomic mass is 16.5. The van der Waals surface area contributed by atoms with Crippen LogP contribution in [0.5, 0.6) is 0 Å². The molecule has 13 heavy (non-hydrogen) atoms. The van der Waals surface area contributed by atoms with Gasteiger partial charge in [-0.3, -0.25) is 0 Å². The SMILES string of the molecule is CC1C(O)[C@H](C)C(CO)O[C@H]1C=O. The summed E-state index contributed by atoms with van der Waals surface area (Å²) < 4.78 is 5.30. The molecule has 1 aliphatic heterocycles. The molecule has 3 unspecified atom stereocenters. The van der Waals surface area contributed by atoms with E-state index < -0.39 is 18.3 Å². The molecule has 0 saturated carbocycles. The van der Waals surface area contributed by atoms with E-state index in [0.717, 1.165) is 0 Å². The van der Waals surface area contributed by atoms with Crippen molar-refractivity contribution in [2.75, 3.05) is 6.61 Å². The van der Waals surface area contributed by atoms with Gasteiger partial charge in [-0.25, -0.2) is 0 Å². The van der Waals surface area contributed by atoms with Crippen LogP contribution in [0.15, 0.2) is 0 Å². The number of hydrogen-bond acceptors (Lipinski definition) is 4. The Labute approximate surface area is 77.5 Å². The fraction of sp³-hybridized carbons (Fsp3) is 0.889. The van der Waals surface area contributed by atoms with Gasteiger partial charge in [0.15, 0.2) is 0 Å². The molecule has 1 saturated heterocycles. The van der Waals surface area contributed by atoms with E-state index in [1.165, 1.54) is 0 Å². The number of aliphatic hydroxyl groups excluding tert-OH is 2. The molecule has 0 aliphatic carbocycles. The van der Waals surface area contributed by atoms with Gasteiger partial charge in [0.2, 0.25) is 0 Å². The Morgan fingerprint density at radius 2 is 2.00 bits per heavy atom. The van der Waals surface area contributed by atoms with Gasteiger partial charge in [-0.2, -0.15) is 0 Å². The first-order chi connectivity index (χ1) is 6.11. The zero-order valence-corrected chi connectivity index (χ0v) is 7.88. The monoisotopic (exact) mass is 188 g/mol. The van der Waals surface area contributed by atoms with Crippen LogP contribution in [-0.4, -0.2) is 41.4 Å². The van der Waals surface area contributed by atoms with Crippen molar-refractivity contribution >= 4 is 6.29 Å². The Morgan fingerprint density at radius 1 is 1.38 bits per heavy atom. The van der Waals surface area contributed by atoms with E-state index in [0.29, 0.717) is 6.29 Å². The second-order valence-electron chi connectivity index (χ2n) is 3.67. The number of hydrogen-bond donors (Lipinski definition) is 2. The van der Waals surface area contributed by atoms with Crippen LogP contribution in [-0.2, 0) is 9.53 Å². The van der Waals surface area contributed by atoms with E-state index in [1.54, 1.807) is 6.92 Å². The maximum absolute atomic E-state index is 10.6. The van der Waals surface area contributed by atoms with Gasteiger partial charge in [0.1, 0.15) is 12.4 Å². The van der Waals surface area contributed by atoms with Crippen LogP contribution >= 0.6 is 0 Å². The smallest absolute Gasteiger partial charge is 0.149 e. The number of aliphatic hydroxyl groups is 2. The molecule has 0 amide bonds. The summed E-state index contributed by atoms with van der Waals surface area (Å²) in [6.07, 6.45) is -0.923. The van der Waals surface area contributed by atoms with E-state index in [4.69, 9.17) is 9.84 Å². The maximum atomic E-state index is 10.6. The minimum Gasteiger partial charge on any atom is -0.394 e. The largest absolute Gasteiger partial charge is 0.394 e. The number of carbonyl (C=O) groups excluding carboxylic acids is 1. The maximum Gasteiger partial charge on any atom is 0.149 e. The first-order valence-electron chi connectivity index (χ1n) is 4.51. The molecule has 0 spiro atoms. The van der Waals surface area contributed by atoms with Crippen molar-refractivity contribution in [1.29, 1.82) is 0 Å². The lowest BCUT2D eigenvalue weighted by Gasteiger charge is -2.39. The van der Waals surface area contributed by atoms with E-state index in [2.05, 4.69) is 0 Å².